The number of nitrogens with zero attached hydrogens (tertiary/aromatic N) is 2. The molecule has 5 rings (SSSR count). The third kappa shape index (κ3) is 3.42. The molecule has 6 nitrogen and oxygen atoms in total. The molecule has 1 aliphatic carbocycles. The Morgan fingerprint density at radius 1 is 1.13 bits per heavy atom. The number of pyridine rings is 1. The number of rotatable bonds is 3. The number of amides is 1. The quantitative estimate of drug-likeness (QED) is 0.663. The summed E-state index contributed by atoms with van der Waals surface area (Å²) < 4.78 is 5.41. The molecular formula is C23H26N4O2S. The second-order valence-corrected chi connectivity index (χ2v) is 8.99. The van der Waals surface area contributed by atoms with Crippen molar-refractivity contribution < 1.29 is 9.53 Å². The average Bonchev–Trinajstić information content (AvgIpc) is 3.11. The van der Waals surface area contributed by atoms with E-state index in [-0.39, 0.29) is 5.91 Å². The second-order valence-electron chi connectivity index (χ2n) is 7.99. The predicted molar refractivity (Wildman–Crippen MR) is 123 cm³/mol. The van der Waals surface area contributed by atoms with Crippen molar-refractivity contribution in [3.05, 3.63) is 46.0 Å². The number of aromatic nitrogens is 1. The van der Waals surface area contributed by atoms with E-state index in [9.17, 15) is 4.79 Å². The van der Waals surface area contributed by atoms with Crippen LogP contribution in [0.15, 0.2) is 24.3 Å². The minimum Gasteiger partial charge on any atom is -0.397 e. The summed E-state index contributed by atoms with van der Waals surface area (Å²) in [5.41, 5.74) is 12.7. The third-order valence-electron chi connectivity index (χ3n) is 6.11. The van der Waals surface area contributed by atoms with Crippen LogP contribution in [0.5, 0.6) is 0 Å². The molecule has 0 saturated carbocycles. The Labute approximate surface area is 180 Å². The van der Waals surface area contributed by atoms with Crippen molar-refractivity contribution in [2.75, 3.05) is 42.3 Å². The zero-order valence-electron chi connectivity index (χ0n) is 17.2. The molecule has 2 aliphatic rings. The van der Waals surface area contributed by atoms with Gasteiger partial charge in [0.2, 0.25) is 0 Å². The van der Waals surface area contributed by atoms with Crippen molar-refractivity contribution in [1.29, 1.82) is 0 Å². The van der Waals surface area contributed by atoms with Gasteiger partial charge in [-0.1, -0.05) is 0 Å². The number of ether oxygens (including phenoxy) is 1. The van der Waals surface area contributed by atoms with Crippen molar-refractivity contribution in [1.82, 2.24) is 4.98 Å². The van der Waals surface area contributed by atoms with Crippen LogP contribution < -0.4 is 16.0 Å². The summed E-state index contributed by atoms with van der Waals surface area (Å²) in [6.45, 7) is 5.35. The largest absolute Gasteiger partial charge is 0.397 e. The van der Waals surface area contributed by atoms with Crippen LogP contribution in [0.2, 0.25) is 0 Å². The van der Waals surface area contributed by atoms with Crippen LogP contribution >= 0.6 is 11.3 Å². The normalized spacial score (nSPS) is 16.5. The van der Waals surface area contributed by atoms with Gasteiger partial charge >= 0.3 is 0 Å². The maximum atomic E-state index is 13.0. The number of nitrogens with one attached hydrogen (secondary N) is 1. The maximum absolute atomic E-state index is 13.0. The summed E-state index contributed by atoms with van der Waals surface area (Å²) in [4.78, 5) is 21.5. The van der Waals surface area contributed by atoms with E-state index in [1.54, 1.807) is 0 Å². The summed E-state index contributed by atoms with van der Waals surface area (Å²) in [5, 5.41) is 4.00. The molecular weight excluding hydrogens is 396 g/mol. The van der Waals surface area contributed by atoms with Gasteiger partial charge in [0.05, 0.1) is 18.9 Å². The Balaban J connectivity index is 1.40. The van der Waals surface area contributed by atoms with E-state index in [0.29, 0.717) is 10.6 Å². The van der Waals surface area contributed by atoms with Crippen LogP contribution in [0.1, 0.15) is 39.3 Å². The number of carbonyl (C=O) groups is 1. The number of hydrogen-bond acceptors (Lipinski definition) is 6. The highest BCUT2D eigenvalue weighted by Crippen LogP contribution is 2.39. The number of nitrogen functional groups attached to an aromatic ring is 1. The van der Waals surface area contributed by atoms with Gasteiger partial charge < -0.3 is 20.7 Å². The molecule has 1 amide bonds. The van der Waals surface area contributed by atoms with E-state index in [4.69, 9.17) is 15.5 Å². The van der Waals surface area contributed by atoms with Crippen molar-refractivity contribution in [2.45, 2.75) is 32.6 Å². The SMILES string of the molecule is Cc1nc2sc(C(=O)Nc3ccc(N4CCOCC4)cc3)c(N)c2c2c1CCCC2. The molecule has 2 aromatic heterocycles. The van der Waals surface area contributed by atoms with Crippen LogP contribution in [0.25, 0.3) is 10.2 Å². The van der Waals surface area contributed by atoms with E-state index in [0.717, 1.165) is 72.9 Å². The number of fused-ring (bicyclic) bond motifs is 3. The number of aryl methyl sites for hydroxylation is 2. The van der Waals surface area contributed by atoms with Gasteiger partial charge in [-0.25, -0.2) is 4.98 Å². The van der Waals surface area contributed by atoms with Crippen LogP contribution in [0.4, 0.5) is 17.1 Å². The molecule has 0 unspecified atom stereocenters. The molecule has 1 fully saturated rings. The first-order chi connectivity index (χ1) is 14.6. The Bertz CT molecular complexity index is 1100. The van der Waals surface area contributed by atoms with E-state index < -0.39 is 0 Å². The molecule has 1 saturated heterocycles. The fourth-order valence-corrected chi connectivity index (χ4v) is 5.60. The standard InChI is InChI=1S/C23H26N4O2S/c1-14-17-4-2-3-5-18(17)19-20(24)21(30-23(19)25-14)22(28)26-15-6-8-16(9-7-15)27-10-12-29-13-11-27/h6-9H,2-5,10-13,24H2,1H3,(H,26,28). The lowest BCUT2D eigenvalue weighted by Crippen LogP contribution is -2.36. The first kappa shape index (κ1) is 19.3. The lowest BCUT2D eigenvalue weighted by molar-refractivity contribution is 0.103. The summed E-state index contributed by atoms with van der Waals surface area (Å²) in [7, 11) is 0. The summed E-state index contributed by atoms with van der Waals surface area (Å²) in [6, 6.07) is 7.96. The smallest absolute Gasteiger partial charge is 0.267 e. The van der Waals surface area contributed by atoms with Crippen LogP contribution in [0, 0.1) is 6.92 Å². The first-order valence-electron chi connectivity index (χ1n) is 10.6. The van der Waals surface area contributed by atoms with Crippen LogP contribution in [-0.4, -0.2) is 37.2 Å². The fourth-order valence-electron chi connectivity index (χ4n) is 4.54. The van der Waals surface area contributed by atoms with Gasteiger partial charge in [-0.2, -0.15) is 0 Å². The Morgan fingerprint density at radius 3 is 2.57 bits per heavy atom. The number of nitrogens with two attached hydrogens (primary N) is 1. The number of thiophene rings is 1. The third-order valence-corrected chi connectivity index (χ3v) is 7.21. The second kappa shape index (κ2) is 7.89. The average molecular weight is 423 g/mol. The number of hydrogen-bond donors (Lipinski definition) is 2. The van der Waals surface area contributed by atoms with E-state index >= 15 is 0 Å². The molecule has 7 heteroatoms. The van der Waals surface area contributed by atoms with Gasteiger partial charge in [0.1, 0.15) is 9.71 Å². The van der Waals surface area contributed by atoms with Gasteiger partial charge in [0.15, 0.2) is 0 Å². The van der Waals surface area contributed by atoms with E-state index in [1.807, 2.05) is 24.3 Å². The van der Waals surface area contributed by atoms with Gasteiger partial charge in [0.25, 0.3) is 5.91 Å². The van der Waals surface area contributed by atoms with Crippen LogP contribution in [-0.2, 0) is 17.6 Å². The zero-order valence-corrected chi connectivity index (χ0v) is 18.0. The van der Waals surface area contributed by atoms with Gasteiger partial charge in [-0.3, -0.25) is 4.79 Å². The number of morpholine rings is 1. The highest BCUT2D eigenvalue weighted by molar-refractivity contribution is 7.21. The number of anilines is 3. The van der Waals surface area contributed by atoms with Gasteiger partial charge in [0, 0.05) is 35.5 Å². The molecule has 3 N–H and O–H groups in total. The Kier molecular flexibility index (Phi) is 5.08. The monoisotopic (exact) mass is 422 g/mol. The van der Waals surface area contributed by atoms with Crippen molar-refractivity contribution in [3.8, 4) is 0 Å². The fraction of sp³-hybridized carbons (Fsp3) is 0.391. The van der Waals surface area contributed by atoms with Crippen molar-refractivity contribution in [3.63, 3.8) is 0 Å². The predicted octanol–water partition coefficient (Wildman–Crippen LogP) is 4.15. The lowest BCUT2D eigenvalue weighted by Gasteiger charge is -2.28. The first-order valence-corrected chi connectivity index (χ1v) is 11.4. The van der Waals surface area contributed by atoms with Crippen molar-refractivity contribution in [2.24, 2.45) is 0 Å². The summed E-state index contributed by atoms with van der Waals surface area (Å²) in [5.74, 6) is -0.170. The summed E-state index contributed by atoms with van der Waals surface area (Å²) >= 11 is 1.39. The minimum absolute atomic E-state index is 0.170. The number of carbonyl (C=O) groups excluding carboxylic acids is 1. The Morgan fingerprint density at radius 2 is 1.83 bits per heavy atom. The molecule has 30 heavy (non-hydrogen) atoms. The molecule has 0 radical (unpaired) electrons. The summed E-state index contributed by atoms with van der Waals surface area (Å²) in [6.07, 6.45) is 4.42. The molecule has 156 valence electrons. The molecule has 1 aliphatic heterocycles. The zero-order chi connectivity index (χ0) is 20.7. The van der Waals surface area contributed by atoms with Crippen molar-refractivity contribution >= 4 is 44.5 Å². The molecule has 3 aromatic rings. The van der Waals surface area contributed by atoms with Crippen LogP contribution in [0.3, 0.4) is 0 Å². The topological polar surface area (TPSA) is 80.5 Å². The van der Waals surface area contributed by atoms with Gasteiger partial charge in [-0.15, -0.1) is 11.3 Å². The lowest BCUT2D eigenvalue weighted by atomic mass is 9.89. The molecule has 0 spiro atoms. The Hall–Kier alpha value is -2.64. The van der Waals surface area contributed by atoms with Gasteiger partial charge in [-0.05, 0) is 68.0 Å². The highest BCUT2D eigenvalue weighted by Gasteiger charge is 2.24. The molecule has 1 aromatic carbocycles. The molecule has 0 atom stereocenters. The maximum Gasteiger partial charge on any atom is 0.267 e. The van der Waals surface area contributed by atoms with E-state index in [2.05, 4.69) is 17.1 Å². The molecule has 3 heterocycles. The highest BCUT2D eigenvalue weighted by atomic mass is 32.1. The number of benzene rings is 1. The molecule has 0 bridgehead atoms. The van der Waals surface area contributed by atoms with E-state index in [1.165, 1.54) is 28.9 Å². The minimum atomic E-state index is -0.170.